The van der Waals surface area contributed by atoms with Crippen LogP contribution in [-0.2, 0) is 6.42 Å². The number of piperidine rings is 1. The molecule has 3 N–H and O–H groups in total. The van der Waals surface area contributed by atoms with Crippen LogP contribution < -0.4 is 11.3 Å². The molecule has 3 unspecified atom stereocenters. The number of hydrogen-bond acceptors (Lipinski definition) is 3. The molecule has 0 saturated carbocycles. The summed E-state index contributed by atoms with van der Waals surface area (Å²) in [5.74, 6) is 6.58. The summed E-state index contributed by atoms with van der Waals surface area (Å²) in [5.41, 5.74) is 4.49. The van der Waals surface area contributed by atoms with Crippen LogP contribution in [0, 0.1) is 9.49 Å². The summed E-state index contributed by atoms with van der Waals surface area (Å²) in [5, 5.41) is 0. The third kappa shape index (κ3) is 3.03. The van der Waals surface area contributed by atoms with E-state index in [4.69, 9.17) is 5.84 Å². The number of nitrogens with zero attached hydrogens (tertiary/aromatic N) is 1. The molecule has 0 spiro atoms. The Labute approximate surface area is 135 Å². The molecule has 3 nitrogen and oxygen atoms in total. The summed E-state index contributed by atoms with van der Waals surface area (Å²) >= 11 is 2.35. The molecular weight excluding hydrogens is 361 g/mol. The SMILES string of the molecule is CN1C2CCC1CC(C(Cc1ccc(I)cc1)NN)C2. The lowest BCUT2D eigenvalue weighted by Gasteiger charge is -2.39. The molecule has 4 heteroatoms. The average Bonchev–Trinajstić information content (AvgIpc) is 2.67. The second-order valence-corrected chi connectivity index (χ2v) is 7.63. The summed E-state index contributed by atoms with van der Waals surface area (Å²) in [7, 11) is 2.29. The number of benzene rings is 1. The molecule has 3 atom stereocenters. The molecule has 2 bridgehead atoms. The maximum absolute atomic E-state index is 5.86. The van der Waals surface area contributed by atoms with Crippen LogP contribution in [0.5, 0.6) is 0 Å². The van der Waals surface area contributed by atoms with E-state index in [0.29, 0.717) is 12.0 Å². The molecule has 3 rings (SSSR count). The number of hydrogen-bond donors (Lipinski definition) is 2. The van der Waals surface area contributed by atoms with Gasteiger partial charge in [0.05, 0.1) is 0 Å². The van der Waals surface area contributed by atoms with E-state index in [9.17, 15) is 0 Å². The fourth-order valence-electron chi connectivity index (χ4n) is 4.02. The van der Waals surface area contributed by atoms with Crippen LogP contribution in [0.1, 0.15) is 31.2 Å². The van der Waals surface area contributed by atoms with Crippen molar-refractivity contribution in [1.29, 1.82) is 0 Å². The average molecular weight is 385 g/mol. The zero-order valence-electron chi connectivity index (χ0n) is 12.1. The molecule has 20 heavy (non-hydrogen) atoms. The van der Waals surface area contributed by atoms with E-state index in [1.54, 1.807) is 0 Å². The molecule has 2 saturated heterocycles. The van der Waals surface area contributed by atoms with Gasteiger partial charge in [-0.3, -0.25) is 11.3 Å². The van der Waals surface area contributed by atoms with Crippen LogP contribution in [0.4, 0.5) is 0 Å². The van der Waals surface area contributed by atoms with Crippen molar-refractivity contribution in [3.8, 4) is 0 Å². The maximum atomic E-state index is 5.86. The van der Waals surface area contributed by atoms with Gasteiger partial charge >= 0.3 is 0 Å². The van der Waals surface area contributed by atoms with E-state index in [0.717, 1.165) is 18.5 Å². The summed E-state index contributed by atoms with van der Waals surface area (Å²) in [6.07, 6.45) is 6.39. The summed E-state index contributed by atoms with van der Waals surface area (Å²) < 4.78 is 1.29. The van der Waals surface area contributed by atoms with E-state index in [1.165, 1.54) is 34.8 Å². The standard InChI is InChI=1S/C16H24IN3/c1-20-14-6-7-15(20)10-12(9-14)16(19-18)8-11-2-4-13(17)5-3-11/h2-5,12,14-16,19H,6-10,18H2,1H3. The highest BCUT2D eigenvalue weighted by Gasteiger charge is 2.40. The number of halogens is 1. The largest absolute Gasteiger partial charge is 0.300 e. The normalized spacial score (nSPS) is 31.4. The minimum absolute atomic E-state index is 0.409. The van der Waals surface area contributed by atoms with Crippen molar-refractivity contribution in [2.45, 2.75) is 50.2 Å². The Morgan fingerprint density at radius 2 is 1.85 bits per heavy atom. The number of fused-ring (bicyclic) bond motifs is 2. The summed E-state index contributed by atoms with van der Waals surface area (Å²) in [6, 6.07) is 10.8. The monoisotopic (exact) mass is 385 g/mol. The van der Waals surface area contributed by atoms with E-state index >= 15 is 0 Å². The number of nitrogens with two attached hydrogens (primary N) is 1. The van der Waals surface area contributed by atoms with Crippen molar-refractivity contribution >= 4 is 22.6 Å². The van der Waals surface area contributed by atoms with E-state index in [-0.39, 0.29) is 0 Å². The first-order valence-corrected chi connectivity index (χ1v) is 8.67. The number of hydrazine groups is 1. The van der Waals surface area contributed by atoms with Crippen molar-refractivity contribution in [2.75, 3.05) is 7.05 Å². The highest BCUT2D eigenvalue weighted by Crippen LogP contribution is 2.39. The predicted molar refractivity (Wildman–Crippen MR) is 91.3 cm³/mol. The molecule has 2 fully saturated rings. The molecule has 1 aromatic carbocycles. The Kier molecular flexibility index (Phi) is 4.65. The summed E-state index contributed by atoms with van der Waals surface area (Å²) in [4.78, 5) is 2.59. The molecule has 0 aliphatic carbocycles. The second-order valence-electron chi connectivity index (χ2n) is 6.39. The first-order valence-electron chi connectivity index (χ1n) is 7.60. The zero-order chi connectivity index (χ0) is 14.1. The predicted octanol–water partition coefficient (Wildman–Crippen LogP) is 2.54. The van der Waals surface area contributed by atoms with Crippen molar-refractivity contribution in [2.24, 2.45) is 11.8 Å². The van der Waals surface area contributed by atoms with Crippen LogP contribution in [0.15, 0.2) is 24.3 Å². The van der Waals surface area contributed by atoms with Gasteiger partial charge in [0, 0.05) is 21.7 Å². The second kappa shape index (κ2) is 6.30. The van der Waals surface area contributed by atoms with E-state index in [1.807, 2.05) is 0 Å². The van der Waals surface area contributed by atoms with Gasteiger partial charge in [-0.1, -0.05) is 12.1 Å². The van der Waals surface area contributed by atoms with Gasteiger partial charge in [-0.15, -0.1) is 0 Å². The molecule has 2 aliphatic heterocycles. The molecule has 110 valence electrons. The van der Waals surface area contributed by atoms with Crippen LogP contribution in [0.2, 0.25) is 0 Å². The number of nitrogens with one attached hydrogen (secondary N) is 1. The topological polar surface area (TPSA) is 41.3 Å². The van der Waals surface area contributed by atoms with Gasteiger partial charge in [0.2, 0.25) is 0 Å². The molecule has 2 aliphatic rings. The Morgan fingerprint density at radius 1 is 1.25 bits per heavy atom. The minimum Gasteiger partial charge on any atom is -0.300 e. The van der Waals surface area contributed by atoms with E-state index in [2.05, 4.69) is 64.2 Å². The van der Waals surface area contributed by atoms with Gasteiger partial charge in [-0.05, 0) is 85.4 Å². The van der Waals surface area contributed by atoms with Gasteiger partial charge in [0.15, 0.2) is 0 Å². The summed E-state index contributed by atoms with van der Waals surface area (Å²) in [6.45, 7) is 0. The maximum Gasteiger partial charge on any atom is 0.0280 e. The Bertz CT molecular complexity index is 434. The van der Waals surface area contributed by atoms with Crippen molar-refractivity contribution in [3.05, 3.63) is 33.4 Å². The molecule has 1 aromatic rings. The fourth-order valence-corrected chi connectivity index (χ4v) is 4.38. The van der Waals surface area contributed by atoms with Gasteiger partial charge in [0.25, 0.3) is 0 Å². The lowest BCUT2D eigenvalue weighted by molar-refractivity contribution is 0.112. The van der Waals surface area contributed by atoms with Crippen LogP contribution in [0.3, 0.4) is 0 Å². The molecule has 2 heterocycles. The minimum atomic E-state index is 0.409. The van der Waals surface area contributed by atoms with E-state index < -0.39 is 0 Å². The highest BCUT2D eigenvalue weighted by molar-refractivity contribution is 14.1. The Morgan fingerprint density at radius 3 is 2.40 bits per heavy atom. The van der Waals surface area contributed by atoms with Crippen molar-refractivity contribution in [3.63, 3.8) is 0 Å². The van der Waals surface area contributed by atoms with Crippen molar-refractivity contribution in [1.82, 2.24) is 10.3 Å². The first-order chi connectivity index (χ1) is 9.67. The van der Waals surface area contributed by atoms with Gasteiger partial charge in [-0.25, -0.2) is 0 Å². The van der Waals surface area contributed by atoms with Gasteiger partial charge in [0.1, 0.15) is 0 Å². The zero-order valence-corrected chi connectivity index (χ0v) is 14.2. The van der Waals surface area contributed by atoms with Gasteiger partial charge < -0.3 is 4.90 Å². The van der Waals surface area contributed by atoms with Crippen molar-refractivity contribution < 1.29 is 0 Å². The lowest BCUT2D eigenvalue weighted by Crippen LogP contribution is -2.49. The van der Waals surface area contributed by atoms with Crippen LogP contribution in [0.25, 0.3) is 0 Å². The van der Waals surface area contributed by atoms with Crippen LogP contribution >= 0.6 is 22.6 Å². The van der Waals surface area contributed by atoms with Crippen LogP contribution in [-0.4, -0.2) is 30.1 Å². The lowest BCUT2D eigenvalue weighted by atomic mass is 9.83. The molecule has 0 radical (unpaired) electrons. The quantitative estimate of drug-likeness (QED) is 0.476. The molecule has 0 amide bonds. The van der Waals surface area contributed by atoms with Gasteiger partial charge in [-0.2, -0.15) is 0 Å². The molecular formula is C16H24IN3. The Balaban J connectivity index is 1.66. The Hall–Kier alpha value is -0.170. The fraction of sp³-hybridized carbons (Fsp3) is 0.625. The first kappa shape index (κ1) is 14.8. The number of rotatable bonds is 4. The molecule has 0 aromatic heterocycles. The highest BCUT2D eigenvalue weighted by atomic mass is 127. The smallest absolute Gasteiger partial charge is 0.0280 e. The third-order valence-electron chi connectivity index (χ3n) is 5.29. The third-order valence-corrected chi connectivity index (χ3v) is 6.01.